The van der Waals surface area contributed by atoms with E-state index in [4.69, 9.17) is 14.3 Å². The molecule has 0 aliphatic carbocycles. The van der Waals surface area contributed by atoms with Gasteiger partial charge in [0.05, 0.1) is 12.3 Å². The number of imide groups is 1. The van der Waals surface area contributed by atoms with Crippen LogP contribution in [0.15, 0.2) is 41.6 Å². The van der Waals surface area contributed by atoms with E-state index in [0.29, 0.717) is 82.7 Å². The molecule has 3 amide bonds. The van der Waals surface area contributed by atoms with Crippen LogP contribution in [0.5, 0.6) is 5.75 Å². The summed E-state index contributed by atoms with van der Waals surface area (Å²) in [6.45, 7) is 8.89. The van der Waals surface area contributed by atoms with Gasteiger partial charge in [-0.2, -0.15) is 0 Å². The van der Waals surface area contributed by atoms with E-state index in [1.54, 1.807) is 0 Å². The van der Waals surface area contributed by atoms with Gasteiger partial charge >= 0.3 is 5.97 Å². The molecule has 242 valence electrons. The van der Waals surface area contributed by atoms with Crippen molar-refractivity contribution in [2.24, 2.45) is 5.16 Å². The smallest absolute Gasteiger partial charge is 0.306 e. The van der Waals surface area contributed by atoms with Gasteiger partial charge in [0.25, 0.3) is 11.8 Å². The summed E-state index contributed by atoms with van der Waals surface area (Å²) in [5.74, 6) is -0.0416. The van der Waals surface area contributed by atoms with Crippen LogP contribution in [0.25, 0.3) is 0 Å². The summed E-state index contributed by atoms with van der Waals surface area (Å²) in [6, 6.07) is 7.42. The second-order valence-electron chi connectivity index (χ2n) is 11.6. The summed E-state index contributed by atoms with van der Waals surface area (Å²) < 4.78 is 11.0. The fourth-order valence-corrected chi connectivity index (χ4v) is 4.23. The number of ketones is 1. The molecular formula is C33H47N3O8. The van der Waals surface area contributed by atoms with Crippen LogP contribution in [-0.4, -0.2) is 72.0 Å². The Morgan fingerprint density at radius 3 is 2.16 bits per heavy atom. The van der Waals surface area contributed by atoms with Gasteiger partial charge in [-0.25, -0.2) is 0 Å². The van der Waals surface area contributed by atoms with Crippen molar-refractivity contribution in [2.75, 3.05) is 26.3 Å². The number of unbranched alkanes of at least 4 members (excludes halogenated alkanes) is 2. The van der Waals surface area contributed by atoms with Crippen LogP contribution in [0.1, 0.15) is 97.5 Å². The second kappa shape index (κ2) is 19.3. The third kappa shape index (κ3) is 15.5. The summed E-state index contributed by atoms with van der Waals surface area (Å²) >= 11 is 0. The Bertz CT molecular complexity index is 1150. The zero-order valence-corrected chi connectivity index (χ0v) is 26.5. The number of nitrogens with one attached hydrogen (secondary N) is 1. The Labute approximate surface area is 260 Å². The van der Waals surface area contributed by atoms with E-state index in [1.165, 1.54) is 17.1 Å². The van der Waals surface area contributed by atoms with Crippen molar-refractivity contribution >= 4 is 35.2 Å². The number of benzene rings is 1. The molecular weight excluding hydrogens is 566 g/mol. The molecule has 11 nitrogen and oxygen atoms in total. The van der Waals surface area contributed by atoms with Crippen molar-refractivity contribution in [3.8, 4) is 5.75 Å². The molecule has 0 fully saturated rings. The van der Waals surface area contributed by atoms with E-state index in [0.717, 1.165) is 18.4 Å². The first-order chi connectivity index (χ1) is 20.9. The molecule has 0 saturated heterocycles. The fraction of sp³-hybridized carbons (Fsp3) is 0.576. The number of nitrogens with zero attached hydrogens (tertiary/aromatic N) is 2. The largest absolute Gasteiger partial charge is 0.494 e. The average Bonchev–Trinajstić information content (AvgIpc) is 3.28. The molecule has 0 unspecified atom stereocenters. The maximum absolute atomic E-state index is 12.1. The number of esters is 1. The number of oxime groups is 1. The highest BCUT2D eigenvalue weighted by atomic mass is 16.6. The minimum atomic E-state index is -0.493. The molecule has 44 heavy (non-hydrogen) atoms. The van der Waals surface area contributed by atoms with E-state index in [2.05, 4.69) is 10.5 Å². The van der Waals surface area contributed by atoms with Gasteiger partial charge in [0.15, 0.2) is 0 Å². The molecule has 1 aliphatic heterocycles. The molecule has 0 aromatic heterocycles. The highest BCUT2D eigenvalue weighted by Gasteiger charge is 2.22. The molecule has 11 heteroatoms. The van der Waals surface area contributed by atoms with Crippen LogP contribution in [0.3, 0.4) is 0 Å². The standard InChI is InChI=1S/C33H47N3O8/c1-25(35-43-24-10-14-32(41)44-33(2,3)4)26-15-17-28(18-16-26)42-23-9-13-29(38)34-21-8-12-27(37)11-6-5-7-22-36-30(39)19-20-31(36)40/h15-20H,5-14,21-24H2,1-4H3,(H,34,38)/b35-25-. The van der Waals surface area contributed by atoms with Crippen molar-refractivity contribution in [2.45, 2.75) is 97.5 Å². The Kier molecular flexibility index (Phi) is 15.9. The topological polar surface area (TPSA) is 141 Å². The van der Waals surface area contributed by atoms with Gasteiger partial charge in [-0.1, -0.05) is 11.6 Å². The summed E-state index contributed by atoms with van der Waals surface area (Å²) in [6.07, 6.45) is 7.89. The normalized spacial score (nSPS) is 13.3. The predicted octanol–water partition coefficient (Wildman–Crippen LogP) is 4.66. The van der Waals surface area contributed by atoms with Gasteiger partial charge in [0.1, 0.15) is 23.7 Å². The molecule has 0 radical (unpaired) electrons. The van der Waals surface area contributed by atoms with E-state index in [-0.39, 0.29) is 35.9 Å². The monoisotopic (exact) mass is 613 g/mol. The van der Waals surface area contributed by atoms with Gasteiger partial charge in [0.2, 0.25) is 5.91 Å². The van der Waals surface area contributed by atoms with Crippen LogP contribution < -0.4 is 10.1 Å². The van der Waals surface area contributed by atoms with Gasteiger partial charge in [-0.3, -0.25) is 28.9 Å². The lowest BCUT2D eigenvalue weighted by molar-refractivity contribution is -0.155. The van der Waals surface area contributed by atoms with Gasteiger partial charge in [-0.15, -0.1) is 0 Å². The number of rotatable bonds is 21. The summed E-state index contributed by atoms with van der Waals surface area (Å²) in [5, 5.41) is 6.95. The minimum Gasteiger partial charge on any atom is -0.494 e. The molecule has 1 aromatic rings. The van der Waals surface area contributed by atoms with E-state index in [9.17, 15) is 24.0 Å². The average molecular weight is 614 g/mol. The molecule has 0 bridgehead atoms. The molecule has 1 N–H and O–H groups in total. The Hall–Kier alpha value is -4.02. The first-order valence-corrected chi connectivity index (χ1v) is 15.4. The highest BCUT2D eigenvalue weighted by molar-refractivity contribution is 6.12. The van der Waals surface area contributed by atoms with Crippen LogP contribution in [0.4, 0.5) is 0 Å². The number of amides is 3. The molecule has 0 atom stereocenters. The molecule has 0 spiro atoms. The third-order valence-corrected chi connectivity index (χ3v) is 6.52. The number of ether oxygens (including phenoxy) is 2. The number of carbonyl (C=O) groups is 5. The maximum Gasteiger partial charge on any atom is 0.306 e. The summed E-state index contributed by atoms with van der Waals surface area (Å²) in [7, 11) is 0. The Balaban J connectivity index is 1.47. The SMILES string of the molecule is C/C(=N/OCCCC(=O)OC(C)(C)C)c1ccc(OCCCC(=O)NCCCC(=O)CCCCCN2C(=O)C=CC2=O)cc1. The van der Waals surface area contributed by atoms with Crippen LogP contribution in [0, 0.1) is 0 Å². The van der Waals surface area contributed by atoms with E-state index in [1.807, 2.05) is 52.0 Å². The van der Waals surface area contributed by atoms with Crippen molar-refractivity contribution in [1.82, 2.24) is 10.2 Å². The molecule has 0 saturated carbocycles. The first kappa shape index (κ1) is 36.2. The number of Topliss-reactive ketones (excluding diaryl/α,β-unsaturated/α-hetero) is 1. The van der Waals surface area contributed by atoms with Gasteiger partial charge in [-0.05, 0) is 89.6 Å². The fourth-order valence-electron chi connectivity index (χ4n) is 4.23. The Morgan fingerprint density at radius 2 is 1.48 bits per heavy atom. The van der Waals surface area contributed by atoms with Crippen molar-refractivity contribution in [3.63, 3.8) is 0 Å². The van der Waals surface area contributed by atoms with Crippen molar-refractivity contribution in [1.29, 1.82) is 0 Å². The molecule has 1 aliphatic rings. The lowest BCUT2D eigenvalue weighted by Gasteiger charge is -2.19. The zero-order valence-electron chi connectivity index (χ0n) is 26.5. The van der Waals surface area contributed by atoms with Crippen LogP contribution in [-0.2, 0) is 33.5 Å². The summed E-state index contributed by atoms with van der Waals surface area (Å²) in [5.41, 5.74) is 1.09. The predicted molar refractivity (Wildman–Crippen MR) is 166 cm³/mol. The lowest BCUT2D eigenvalue weighted by atomic mass is 10.1. The van der Waals surface area contributed by atoms with Crippen molar-refractivity contribution < 1.29 is 38.3 Å². The maximum atomic E-state index is 12.1. The minimum absolute atomic E-state index is 0.0742. The quantitative estimate of drug-likeness (QED) is 0.0694. The van der Waals surface area contributed by atoms with Crippen LogP contribution in [0.2, 0.25) is 0 Å². The van der Waals surface area contributed by atoms with E-state index >= 15 is 0 Å². The third-order valence-electron chi connectivity index (χ3n) is 6.52. The lowest BCUT2D eigenvalue weighted by Crippen LogP contribution is -2.30. The van der Waals surface area contributed by atoms with E-state index < -0.39 is 5.60 Å². The number of hydrogen-bond acceptors (Lipinski definition) is 9. The first-order valence-electron chi connectivity index (χ1n) is 15.4. The zero-order chi connectivity index (χ0) is 32.4. The van der Waals surface area contributed by atoms with Gasteiger partial charge < -0.3 is 19.6 Å². The Morgan fingerprint density at radius 1 is 0.818 bits per heavy atom. The van der Waals surface area contributed by atoms with Gasteiger partial charge in [0, 0.05) is 50.9 Å². The molecule has 2 rings (SSSR count). The second-order valence-corrected chi connectivity index (χ2v) is 11.6. The van der Waals surface area contributed by atoms with Crippen LogP contribution >= 0.6 is 0 Å². The molecule has 1 heterocycles. The summed E-state index contributed by atoms with van der Waals surface area (Å²) in [4.78, 5) is 65.4. The number of hydrogen-bond donors (Lipinski definition) is 1. The highest BCUT2D eigenvalue weighted by Crippen LogP contribution is 2.14. The number of carbonyl (C=O) groups excluding carboxylic acids is 5. The molecule has 1 aromatic carbocycles. The van der Waals surface area contributed by atoms with Crippen molar-refractivity contribution in [3.05, 3.63) is 42.0 Å².